The Morgan fingerprint density at radius 2 is 1.96 bits per heavy atom. The molecule has 1 heterocycles. The Balaban J connectivity index is 2.15. The summed E-state index contributed by atoms with van der Waals surface area (Å²) in [6.07, 6.45) is 6.61. The highest BCUT2D eigenvalue weighted by atomic mass is 32.2. The van der Waals surface area contributed by atoms with E-state index in [0.717, 1.165) is 5.56 Å². The molecule has 0 atom stereocenters. The number of aryl methyl sites for hydroxylation is 1. The number of nitrogens with one attached hydrogen (secondary N) is 2. The summed E-state index contributed by atoms with van der Waals surface area (Å²) < 4.78 is 26.0. The Morgan fingerprint density at radius 1 is 1.26 bits per heavy atom. The Labute approximate surface area is 135 Å². The van der Waals surface area contributed by atoms with E-state index in [0.29, 0.717) is 11.4 Å². The number of terminal acetylenes is 1. The summed E-state index contributed by atoms with van der Waals surface area (Å²) in [4.78, 5) is 16.3. The minimum atomic E-state index is -3.67. The largest absolute Gasteiger partial charge is 0.306 e. The minimum Gasteiger partial charge on any atom is -0.306 e. The van der Waals surface area contributed by atoms with Gasteiger partial charge in [-0.25, -0.2) is 13.4 Å². The van der Waals surface area contributed by atoms with E-state index in [1.807, 2.05) is 13.0 Å². The predicted octanol–water partition coefficient (Wildman–Crippen LogP) is 1.55. The number of anilines is 1. The molecule has 0 aliphatic rings. The number of nitrogens with zero attached hydrogens (tertiary/aromatic N) is 1. The molecule has 0 bridgehead atoms. The Bertz CT molecular complexity index is 853. The molecule has 1 aromatic heterocycles. The maximum Gasteiger partial charge on any atom is 0.256 e. The molecule has 6 nitrogen and oxygen atoms in total. The number of carbonyl (C=O) groups excluding carboxylic acids is 1. The zero-order valence-electron chi connectivity index (χ0n) is 12.4. The lowest BCUT2D eigenvalue weighted by Crippen LogP contribution is -2.24. The molecule has 2 aromatic rings. The molecular weight excluding hydrogens is 314 g/mol. The molecule has 0 aliphatic carbocycles. The van der Waals surface area contributed by atoms with Gasteiger partial charge in [0, 0.05) is 11.8 Å². The van der Waals surface area contributed by atoms with Gasteiger partial charge in [0.05, 0.1) is 11.4 Å². The predicted molar refractivity (Wildman–Crippen MR) is 87.4 cm³/mol. The van der Waals surface area contributed by atoms with Crippen LogP contribution in [0.15, 0.2) is 47.5 Å². The van der Waals surface area contributed by atoms with Crippen LogP contribution >= 0.6 is 0 Å². The second kappa shape index (κ2) is 7.05. The lowest BCUT2D eigenvalue weighted by Gasteiger charge is -2.08. The number of hydrogen-bond acceptors (Lipinski definition) is 4. The van der Waals surface area contributed by atoms with Gasteiger partial charge in [0.1, 0.15) is 5.82 Å². The van der Waals surface area contributed by atoms with Crippen LogP contribution in [0.25, 0.3) is 0 Å². The number of hydrogen-bond donors (Lipinski definition) is 2. The van der Waals surface area contributed by atoms with Crippen LogP contribution in [0.1, 0.15) is 15.9 Å². The van der Waals surface area contributed by atoms with Crippen molar-refractivity contribution in [1.82, 2.24) is 9.71 Å². The molecule has 2 rings (SSSR count). The van der Waals surface area contributed by atoms with Crippen molar-refractivity contribution in [2.45, 2.75) is 11.8 Å². The van der Waals surface area contributed by atoms with Gasteiger partial charge in [-0.1, -0.05) is 12.0 Å². The second-order valence-electron chi connectivity index (χ2n) is 4.68. The SMILES string of the molecule is C#CCNS(=O)(=O)c1ccc(C(=O)Nc2ncccc2C)cc1. The normalized spacial score (nSPS) is 10.8. The third-order valence-corrected chi connectivity index (χ3v) is 4.45. The summed E-state index contributed by atoms with van der Waals surface area (Å²) in [5.74, 6) is 2.29. The molecule has 23 heavy (non-hydrogen) atoms. The first-order chi connectivity index (χ1) is 10.9. The van der Waals surface area contributed by atoms with Crippen molar-refractivity contribution in [2.75, 3.05) is 11.9 Å². The number of rotatable bonds is 5. The van der Waals surface area contributed by atoms with E-state index in [1.165, 1.54) is 24.3 Å². The highest BCUT2D eigenvalue weighted by molar-refractivity contribution is 7.89. The molecule has 0 radical (unpaired) electrons. The van der Waals surface area contributed by atoms with Gasteiger partial charge in [0.15, 0.2) is 0 Å². The summed E-state index contributed by atoms with van der Waals surface area (Å²) in [7, 11) is -3.67. The lowest BCUT2D eigenvalue weighted by molar-refractivity contribution is 0.102. The summed E-state index contributed by atoms with van der Waals surface area (Å²) >= 11 is 0. The quantitative estimate of drug-likeness (QED) is 0.815. The molecule has 0 aliphatic heterocycles. The number of benzene rings is 1. The van der Waals surface area contributed by atoms with Crippen molar-refractivity contribution in [2.24, 2.45) is 0 Å². The summed E-state index contributed by atoms with van der Waals surface area (Å²) in [5.41, 5.74) is 1.16. The maximum absolute atomic E-state index is 12.2. The first-order valence-electron chi connectivity index (χ1n) is 6.70. The van der Waals surface area contributed by atoms with E-state index in [1.54, 1.807) is 12.3 Å². The summed E-state index contributed by atoms with van der Waals surface area (Å²) in [6, 6.07) is 9.15. The fourth-order valence-corrected chi connectivity index (χ4v) is 2.74. The van der Waals surface area contributed by atoms with Gasteiger partial charge in [0.25, 0.3) is 5.91 Å². The van der Waals surface area contributed by atoms with Gasteiger partial charge >= 0.3 is 0 Å². The van der Waals surface area contributed by atoms with Gasteiger partial charge in [-0.3, -0.25) is 4.79 Å². The smallest absolute Gasteiger partial charge is 0.256 e. The van der Waals surface area contributed by atoms with Gasteiger partial charge in [-0.2, -0.15) is 4.72 Å². The fraction of sp³-hybridized carbons (Fsp3) is 0.125. The molecular formula is C16H15N3O3S. The van der Waals surface area contributed by atoms with E-state index in [9.17, 15) is 13.2 Å². The zero-order chi connectivity index (χ0) is 16.9. The van der Waals surface area contributed by atoms with Crippen molar-refractivity contribution in [3.63, 3.8) is 0 Å². The van der Waals surface area contributed by atoms with Crippen molar-refractivity contribution < 1.29 is 13.2 Å². The topological polar surface area (TPSA) is 88.2 Å². The van der Waals surface area contributed by atoms with E-state index >= 15 is 0 Å². The molecule has 0 unspecified atom stereocenters. The van der Waals surface area contributed by atoms with Crippen LogP contribution in [-0.4, -0.2) is 25.9 Å². The van der Waals surface area contributed by atoms with Crippen LogP contribution in [0.4, 0.5) is 5.82 Å². The summed E-state index contributed by atoms with van der Waals surface area (Å²) in [6.45, 7) is 1.74. The molecule has 0 spiro atoms. The van der Waals surface area contributed by atoms with Crippen LogP contribution in [-0.2, 0) is 10.0 Å². The third kappa shape index (κ3) is 4.16. The number of amides is 1. The highest BCUT2D eigenvalue weighted by Gasteiger charge is 2.14. The molecule has 0 saturated heterocycles. The Morgan fingerprint density at radius 3 is 2.57 bits per heavy atom. The van der Waals surface area contributed by atoms with Crippen molar-refractivity contribution in [3.05, 3.63) is 53.7 Å². The first kappa shape index (κ1) is 16.7. The minimum absolute atomic E-state index is 0.0401. The summed E-state index contributed by atoms with van der Waals surface area (Å²) in [5, 5.41) is 2.68. The first-order valence-corrected chi connectivity index (χ1v) is 8.18. The van der Waals surface area contributed by atoms with E-state index in [2.05, 4.69) is 20.9 Å². The van der Waals surface area contributed by atoms with Crippen LogP contribution in [0.5, 0.6) is 0 Å². The zero-order valence-corrected chi connectivity index (χ0v) is 13.2. The standard InChI is InChI=1S/C16H15N3O3S/c1-3-10-18-23(21,22)14-8-6-13(7-9-14)16(20)19-15-12(2)5-4-11-17-15/h1,4-9,11,18H,10H2,2H3,(H,17,19,20). The van der Waals surface area contributed by atoms with Crippen LogP contribution < -0.4 is 10.0 Å². The molecule has 2 N–H and O–H groups in total. The molecule has 0 fully saturated rings. The number of sulfonamides is 1. The lowest BCUT2D eigenvalue weighted by atomic mass is 10.2. The number of pyridine rings is 1. The molecule has 0 saturated carbocycles. The van der Waals surface area contributed by atoms with Gasteiger partial charge in [-0.05, 0) is 42.8 Å². The maximum atomic E-state index is 12.2. The van der Waals surface area contributed by atoms with E-state index in [-0.39, 0.29) is 17.3 Å². The van der Waals surface area contributed by atoms with Crippen molar-refractivity contribution in [3.8, 4) is 12.3 Å². The van der Waals surface area contributed by atoms with E-state index in [4.69, 9.17) is 6.42 Å². The fourth-order valence-electron chi connectivity index (χ4n) is 1.80. The second-order valence-corrected chi connectivity index (χ2v) is 6.44. The van der Waals surface area contributed by atoms with E-state index < -0.39 is 10.0 Å². The third-order valence-electron chi connectivity index (χ3n) is 3.03. The average Bonchev–Trinajstić information content (AvgIpc) is 2.55. The Kier molecular flexibility index (Phi) is 5.11. The van der Waals surface area contributed by atoms with Crippen LogP contribution in [0.3, 0.4) is 0 Å². The van der Waals surface area contributed by atoms with Crippen molar-refractivity contribution >= 4 is 21.7 Å². The van der Waals surface area contributed by atoms with Gasteiger partial charge in [0.2, 0.25) is 10.0 Å². The Hall–Kier alpha value is -2.69. The highest BCUT2D eigenvalue weighted by Crippen LogP contribution is 2.14. The molecule has 1 aromatic carbocycles. The monoisotopic (exact) mass is 329 g/mol. The van der Waals surface area contributed by atoms with Crippen LogP contribution in [0, 0.1) is 19.3 Å². The molecule has 118 valence electrons. The molecule has 7 heteroatoms. The van der Waals surface area contributed by atoms with Gasteiger partial charge in [-0.15, -0.1) is 6.42 Å². The number of carbonyl (C=O) groups is 1. The van der Waals surface area contributed by atoms with Crippen LogP contribution in [0.2, 0.25) is 0 Å². The number of aromatic nitrogens is 1. The van der Waals surface area contributed by atoms with Crippen molar-refractivity contribution in [1.29, 1.82) is 0 Å². The average molecular weight is 329 g/mol. The molecule has 1 amide bonds. The van der Waals surface area contributed by atoms with Gasteiger partial charge < -0.3 is 5.32 Å².